The normalized spacial score (nSPS) is 38.5. The maximum absolute atomic E-state index is 11.8. The van der Waals surface area contributed by atoms with Gasteiger partial charge >= 0.3 is 5.54 Å². The minimum absolute atomic E-state index is 0.0231. The standard InChI is InChI=1S/C10H13N3O5/c1-2-11-6-9(12(15)16)4-3-8(14)10(5-9,7-11)13(17)18/h3-4H,2,5-7H2,1H3/p+1/t9-,10+/m0/s1. The zero-order valence-electron chi connectivity index (χ0n) is 9.92. The number of hydrogen-bond acceptors (Lipinski definition) is 5. The number of nitrogens with one attached hydrogen (secondary N) is 1. The first kappa shape index (κ1) is 12.6. The summed E-state index contributed by atoms with van der Waals surface area (Å²) in [4.78, 5) is 33.9. The lowest BCUT2D eigenvalue weighted by atomic mass is 9.71. The van der Waals surface area contributed by atoms with Crippen LogP contribution in [0.5, 0.6) is 0 Å². The van der Waals surface area contributed by atoms with E-state index in [1.165, 1.54) is 6.08 Å². The summed E-state index contributed by atoms with van der Waals surface area (Å²) in [5.41, 5.74) is -3.31. The van der Waals surface area contributed by atoms with Crippen molar-refractivity contribution in [3.05, 3.63) is 32.4 Å². The van der Waals surface area contributed by atoms with Crippen LogP contribution in [0.25, 0.3) is 0 Å². The van der Waals surface area contributed by atoms with Crippen molar-refractivity contribution < 1.29 is 19.5 Å². The molecule has 0 aromatic rings. The number of quaternary nitrogens is 1. The number of likely N-dealkylation sites (N-methyl/N-ethyl adjacent to an activating group) is 1. The molecular formula is C10H14N3O5+. The van der Waals surface area contributed by atoms with Crippen molar-refractivity contribution in [3.8, 4) is 0 Å². The van der Waals surface area contributed by atoms with Crippen LogP contribution in [0.4, 0.5) is 0 Å². The third-order valence-electron chi connectivity index (χ3n) is 3.91. The van der Waals surface area contributed by atoms with Crippen molar-refractivity contribution in [2.75, 3.05) is 19.6 Å². The lowest BCUT2D eigenvalue weighted by Gasteiger charge is -2.39. The average molecular weight is 256 g/mol. The Morgan fingerprint density at radius 2 is 2.00 bits per heavy atom. The first-order chi connectivity index (χ1) is 8.36. The molecular weight excluding hydrogens is 242 g/mol. The van der Waals surface area contributed by atoms with Gasteiger partial charge in [0.05, 0.1) is 6.54 Å². The lowest BCUT2D eigenvalue weighted by Crippen LogP contribution is -3.18. The van der Waals surface area contributed by atoms with Gasteiger partial charge in [-0.3, -0.25) is 25.0 Å². The summed E-state index contributed by atoms with van der Waals surface area (Å²) in [5, 5.41) is 22.5. The van der Waals surface area contributed by atoms with E-state index in [0.717, 1.165) is 6.08 Å². The molecule has 0 aromatic carbocycles. The molecule has 1 fully saturated rings. The van der Waals surface area contributed by atoms with Gasteiger partial charge in [0.2, 0.25) is 5.78 Å². The SMILES string of the molecule is CC[NH+]1C[C@]2([N+](=O)[O-])C=CC(=O)[C@]([N+](=O)[O-])(C1)C2. The first-order valence-corrected chi connectivity index (χ1v) is 5.72. The number of nitro groups is 2. The van der Waals surface area contributed by atoms with E-state index in [4.69, 9.17) is 0 Å². The molecule has 1 unspecified atom stereocenters. The zero-order chi connectivity index (χ0) is 13.6. The molecule has 0 spiro atoms. The number of likely N-dealkylation sites (tertiary alicyclic amines) is 1. The van der Waals surface area contributed by atoms with Crippen molar-refractivity contribution in [3.63, 3.8) is 0 Å². The van der Waals surface area contributed by atoms with Gasteiger partial charge in [-0.25, -0.2) is 0 Å². The van der Waals surface area contributed by atoms with Gasteiger partial charge in [0, 0.05) is 15.9 Å². The fourth-order valence-electron chi connectivity index (χ4n) is 2.88. The van der Waals surface area contributed by atoms with Gasteiger partial charge in [-0.1, -0.05) is 0 Å². The third-order valence-corrected chi connectivity index (χ3v) is 3.91. The number of hydrogen-bond donors (Lipinski definition) is 1. The molecule has 2 rings (SSSR count). The van der Waals surface area contributed by atoms with Crippen LogP contribution in [0.2, 0.25) is 0 Å². The molecule has 0 aromatic heterocycles. The summed E-state index contributed by atoms with van der Waals surface area (Å²) in [6, 6.07) is 0. The van der Waals surface area contributed by atoms with Crippen LogP contribution in [0.3, 0.4) is 0 Å². The lowest BCUT2D eigenvalue weighted by molar-refractivity contribution is -0.938. The van der Waals surface area contributed by atoms with E-state index < -0.39 is 26.7 Å². The Balaban J connectivity index is 2.54. The summed E-state index contributed by atoms with van der Waals surface area (Å²) in [5.74, 6) is -0.629. The summed E-state index contributed by atoms with van der Waals surface area (Å²) in [7, 11) is 0. The second-order valence-corrected chi connectivity index (χ2v) is 4.98. The Kier molecular flexibility index (Phi) is 2.69. The van der Waals surface area contributed by atoms with Gasteiger partial charge in [-0.2, -0.15) is 0 Å². The third kappa shape index (κ3) is 1.52. The van der Waals surface area contributed by atoms with Gasteiger partial charge in [0.15, 0.2) is 13.1 Å². The van der Waals surface area contributed by atoms with Crippen molar-refractivity contribution >= 4 is 5.78 Å². The van der Waals surface area contributed by atoms with E-state index in [1.807, 2.05) is 0 Å². The van der Waals surface area contributed by atoms with Crippen LogP contribution in [-0.2, 0) is 4.79 Å². The quantitative estimate of drug-likeness (QED) is 0.486. The highest BCUT2D eigenvalue weighted by Crippen LogP contribution is 2.34. The Hall–Kier alpha value is -1.83. The molecule has 0 radical (unpaired) electrons. The maximum Gasteiger partial charge on any atom is 0.337 e. The molecule has 1 aliphatic heterocycles. The smallest absolute Gasteiger partial charge is 0.323 e. The first-order valence-electron chi connectivity index (χ1n) is 5.72. The van der Waals surface area contributed by atoms with Gasteiger partial charge in [0.25, 0.3) is 5.54 Å². The van der Waals surface area contributed by atoms with Crippen molar-refractivity contribution in [2.24, 2.45) is 0 Å². The summed E-state index contributed by atoms with van der Waals surface area (Å²) >= 11 is 0. The highest BCUT2D eigenvalue weighted by atomic mass is 16.6. The molecule has 1 N–H and O–H groups in total. The van der Waals surface area contributed by atoms with Gasteiger partial charge in [-0.15, -0.1) is 0 Å². The van der Waals surface area contributed by atoms with Crippen LogP contribution in [0, 0.1) is 20.2 Å². The Morgan fingerprint density at radius 1 is 1.33 bits per heavy atom. The molecule has 1 heterocycles. The minimum Gasteiger partial charge on any atom is -0.323 e. The molecule has 8 heteroatoms. The maximum atomic E-state index is 11.8. The number of carbonyl (C=O) groups is 1. The molecule has 2 aliphatic rings. The van der Waals surface area contributed by atoms with Gasteiger partial charge < -0.3 is 4.90 Å². The number of ketones is 1. The van der Waals surface area contributed by atoms with E-state index in [-0.39, 0.29) is 19.5 Å². The number of piperidine rings is 1. The summed E-state index contributed by atoms with van der Waals surface area (Å²) in [6.07, 6.45) is 1.91. The van der Waals surface area contributed by atoms with Crippen molar-refractivity contribution in [1.29, 1.82) is 0 Å². The average Bonchev–Trinajstić information content (AvgIpc) is 2.33. The Bertz CT molecular complexity index is 462. The zero-order valence-corrected chi connectivity index (χ0v) is 9.92. The second-order valence-electron chi connectivity index (χ2n) is 4.98. The summed E-state index contributed by atoms with van der Waals surface area (Å²) in [6.45, 7) is 2.53. The van der Waals surface area contributed by atoms with Crippen LogP contribution in [0.1, 0.15) is 13.3 Å². The summed E-state index contributed by atoms with van der Waals surface area (Å²) < 4.78 is 0. The predicted octanol–water partition coefficient (Wildman–Crippen LogP) is -1.54. The van der Waals surface area contributed by atoms with E-state index in [2.05, 4.69) is 0 Å². The second kappa shape index (κ2) is 3.84. The highest BCUT2D eigenvalue weighted by molar-refractivity contribution is 5.98. The monoisotopic (exact) mass is 256 g/mol. The predicted molar refractivity (Wildman–Crippen MR) is 59.5 cm³/mol. The molecule has 18 heavy (non-hydrogen) atoms. The van der Waals surface area contributed by atoms with E-state index in [0.29, 0.717) is 11.4 Å². The molecule has 1 aliphatic carbocycles. The fourth-order valence-corrected chi connectivity index (χ4v) is 2.88. The molecule has 0 amide bonds. The molecule has 3 atom stereocenters. The minimum atomic E-state index is -1.83. The van der Waals surface area contributed by atoms with Gasteiger partial charge in [-0.05, 0) is 13.0 Å². The number of fused-ring (bicyclic) bond motifs is 2. The van der Waals surface area contributed by atoms with E-state index >= 15 is 0 Å². The van der Waals surface area contributed by atoms with Crippen LogP contribution >= 0.6 is 0 Å². The molecule has 8 nitrogen and oxygen atoms in total. The topological polar surface area (TPSA) is 108 Å². The number of nitrogens with zero attached hydrogens (tertiary/aromatic N) is 2. The van der Waals surface area contributed by atoms with Gasteiger partial charge in [0.1, 0.15) is 6.42 Å². The van der Waals surface area contributed by atoms with Crippen molar-refractivity contribution in [1.82, 2.24) is 0 Å². The van der Waals surface area contributed by atoms with Crippen LogP contribution in [0.15, 0.2) is 12.2 Å². The van der Waals surface area contributed by atoms with E-state index in [9.17, 15) is 25.0 Å². The Morgan fingerprint density at radius 3 is 2.50 bits per heavy atom. The van der Waals surface area contributed by atoms with E-state index in [1.54, 1.807) is 6.92 Å². The largest absolute Gasteiger partial charge is 0.337 e. The molecule has 98 valence electrons. The molecule has 0 saturated carbocycles. The van der Waals surface area contributed by atoms with Crippen molar-refractivity contribution in [2.45, 2.75) is 24.4 Å². The van der Waals surface area contributed by atoms with Crippen LogP contribution < -0.4 is 4.90 Å². The van der Waals surface area contributed by atoms with Crippen LogP contribution in [-0.4, -0.2) is 46.3 Å². The Labute approximate surface area is 103 Å². The number of rotatable bonds is 3. The number of carbonyl (C=O) groups excluding carboxylic acids is 1. The molecule has 1 saturated heterocycles. The fraction of sp³-hybridized carbons (Fsp3) is 0.700. The molecule has 2 bridgehead atoms. The highest BCUT2D eigenvalue weighted by Gasteiger charge is 2.69.